The zero-order chi connectivity index (χ0) is 8.27. The van der Waals surface area contributed by atoms with Gasteiger partial charge in [-0.15, -0.1) is 0 Å². The predicted molar refractivity (Wildman–Crippen MR) is 41.1 cm³/mol. The maximum absolute atomic E-state index is 10.6. The van der Waals surface area contributed by atoms with Gasteiger partial charge in [-0.25, -0.2) is 0 Å². The van der Waals surface area contributed by atoms with Crippen LogP contribution in [0.25, 0.3) is 0 Å². The van der Waals surface area contributed by atoms with Crippen molar-refractivity contribution in [2.45, 2.75) is 19.8 Å². The molecule has 3 N–H and O–H groups in total. The van der Waals surface area contributed by atoms with Gasteiger partial charge in [0.2, 0.25) is 0 Å². The van der Waals surface area contributed by atoms with Gasteiger partial charge in [-0.3, -0.25) is 9.89 Å². The fourth-order valence-electron chi connectivity index (χ4n) is 0.885. The van der Waals surface area contributed by atoms with Crippen molar-refractivity contribution in [2.24, 2.45) is 5.73 Å². The maximum atomic E-state index is 10.6. The first kappa shape index (κ1) is 7.78. The van der Waals surface area contributed by atoms with Crippen LogP contribution in [-0.2, 0) is 6.42 Å². The van der Waals surface area contributed by atoms with E-state index in [2.05, 4.69) is 17.1 Å². The lowest BCUT2D eigenvalue weighted by Crippen LogP contribution is -2.10. The van der Waals surface area contributed by atoms with Crippen LogP contribution in [0.4, 0.5) is 0 Å². The Hall–Kier alpha value is -1.32. The number of rotatable bonds is 3. The number of hydrogen-bond acceptors (Lipinski definition) is 2. The van der Waals surface area contributed by atoms with Crippen molar-refractivity contribution < 1.29 is 4.79 Å². The summed E-state index contributed by atoms with van der Waals surface area (Å²) in [5, 5.41) is 6.47. The van der Waals surface area contributed by atoms with Gasteiger partial charge in [0.25, 0.3) is 5.91 Å². The molecule has 0 spiro atoms. The number of nitrogens with zero attached hydrogens (tertiary/aromatic N) is 1. The van der Waals surface area contributed by atoms with Gasteiger partial charge in [-0.2, -0.15) is 5.10 Å². The van der Waals surface area contributed by atoms with Gasteiger partial charge in [0.1, 0.15) is 5.69 Å². The van der Waals surface area contributed by atoms with E-state index in [0.29, 0.717) is 5.69 Å². The summed E-state index contributed by atoms with van der Waals surface area (Å²) in [6, 6.07) is 1.69. The van der Waals surface area contributed by atoms with Crippen LogP contribution in [0.2, 0.25) is 0 Å². The third kappa shape index (κ3) is 1.80. The molecule has 4 heteroatoms. The summed E-state index contributed by atoms with van der Waals surface area (Å²) in [6.45, 7) is 2.06. The highest BCUT2D eigenvalue weighted by Gasteiger charge is 2.04. The van der Waals surface area contributed by atoms with Gasteiger partial charge in [-0.05, 0) is 12.5 Å². The molecule has 60 valence electrons. The van der Waals surface area contributed by atoms with Gasteiger partial charge >= 0.3 is 0 Å². The predicted octanol–water partition coefficient (Wildman–Crippen LogP) is 0.461. The van der Waals surface area contributed by atoms with Crippen LogP contribution in [0.5, 0.6) is 0 Å². The van der Waals surface area contributed by atoms with E-state index in [-0.39, 0.29) is 0 Å². The first-order valence-corrected chi connectivity index (χ1v) is 3.58. The van der Waals surface area contributed by atoms with Gasteiger partial charge < -0.3 is 5.73 Å². The largest absolute Gasteiger partial charge is 0.364 e. The molecular formula is C7H11N3O. The normalized spacial score (nSPS) is 9.91. The summed E-state index contributed by atoms with van der Waals surface area (Å²) >= 11 is 0. The van der Waals surface area contributed by atoms with Crippen LogP contribution in [0, 0.1) is 0 Å². The minimum absolute atomic E-state index is 0.313. The second-order valence-electron chi connectivity index (χ2n) is 2.39. The van der Waals surface area contributed by atoms with Crippen molar-refractivity contribution in [3.8, 4) is 0 Å². The van der Waals surface area contributed by atoms with Gasteiger partial charge in [0.05, 0.1) is 0 Å². The molecule has 1 rings (SSSR count). The molecule has 0 aliphatic heterocycles. The smallest absolute Gasteiger partial charge is 0.269 e. The quantitative estimate of drug-likeness (QED) is 0.662. The summed E-state index contributed by atoms with van der Waals surface area (Å²) in [5.41, 5.74) is 6.27. The second kappa shape index (κ2) is 3.18. The molecule has 1 amide bonds. The van der Waals surface area contributed by atoms with Crippen molar-refractivity contribution in [3.05, 3.63) is 17.5 Å². The fraction of sp³-hybridized carbons (Fsp3) is 0.429. The van der Waals surface area contributed by atoms with Crippen molar-refractivity contribution in [2.75, 3.05) is 0 Å². The number of aromatic amines is 1. The van der Waals surface area contributed by atoms with Crippen LogP contribution < -0.4 is 5.73 Å². The van der Waals surface area contributed by atoms with Gasteiger partial charge in [0, 0.05) is 5.69 Å². The molecule has 1 heterocycles. The summed E-state index contributed by atoms with van der Waals surface area (Å²) in [6.07, 6.45) is 1.93. The van der Waals surface area contributed by atoms with Crippen LogP contribution in [0.3, 0.4) is 0 Å². The van der Waals surface area contributed by atoms with Crippen molar-refractivity contribution in [1.29, 1.82) is 0 Å². The number of carbonyl (C=O) groups is 1. The number of amides is 1. The van der Waals surface area contributed by atoms with Crippen molar-refractivity contribution in [1.82, 2.24) is 10.2 Å². The molecule has 0 saturated carbocycles. The fourth-order valence-corrected chi connectivity index (χ4v) is 0.885. The summed E-state index contributed by atoms with van der Waals surface area (Å²) in [5.74, 6) is -0.483. The van der Waals surface area contributed by atoms with E-state index in [0.717, 1.165) is 18.5 Å². The minimum atomic E-state index is -0.483. The second-order valence-corrected chi connectivity index (χ2v) is 2.39. The summed E-state index contributed by atoms with van der Waals surface area (Å²) in [4.78, 5) is 10.6. The molecule has 4 nitrogen and oxygen atoms in total. The Kier molecular flexibility index (Phi) is 2.25. The Morgan fingerprint density at radius 2 is 2.55 bits per heavy atom. The van der Waals surface area contributed by atoms with E-state index in [1.807, 2.05) is 0 Å². The lowest BCUT2D eigenvalue weighted by molar-refractivity contribution is 0.0995. The highest BCUT2D eigenvalue weighted by molar-refractivity contribution is 5.90. The molecular weight excluding hydrogens is 142 g/mol. The van der Waals surface area contributed by atoms with Crippen LogP contribution in [-0.4, -0.2) is 16.1 Å². The van der Waals surface area contributed by atoms with Gasteiger partial charge in [0.15, 0.2) is 0 Å². The average molecular weight is 153 g/mol. The third-order valence-electron chi connectivity index (χ3n) is 1.40. The number of carbonyl (C=O) groups excluding carboxylic acids is 1. The average Bonchev–Trinajstić information content (AvgIpc) is 2.37. The zero-order valence-corrected chi connectivity index (χ0v) is 6.42. The highest BCUT2D eigenvalue weighted by atomic mass is 16.1. The minimum Gasteiger partial charge on any atom is -0.364 e. The molecule has 0 saturated heterocycles. The van der Waals surface area contributed by atoms with Crippen LogP contribution in [0.1, 0.15) is 29.5 Å². The van der Waals surface area contributed by atoms with Crippen molar-refractivity contribution >= 4 is 5.91 Å². The topological polar surface area (TPSA) is 71.8 Å². The highest BCUT2D eigenvalue weighted by Crippen LogP contribution is 2.00. The molecule has 0 aliphatic carbocycles. The first-order chi connectivity index (χ1) is 5.24. The van der Waals surface area contributed by atoms with E-state index in [1.165, 1.54) is 0 Å². The molecule has 1 aromatic heterocycles. The number of aromatic nitrogens is 2. The summed E-state index contributed by atoms with van der Waals surface area (Å²) < 4.78 is 0. The third-order valence-corrected chi connectivity index (χ3v) is 1.40. The van der Waals surface area contributed by atoms with E-state index in [9.17, 15) is 4.79 Å². The molecule has 0 atom stereocenters. The molecule has 0 unspecified atom stereocenters. The SMILES string of the molecule is CCCc1cc(C(N)=O)n[nH]1. The molecule has 0 fully saturated rings. The monoisotopic (exact) mass is 153 g/mol. The Morgan fingerprint density at radius 3 is 3.00 bits per heavy atom. The number of nitrogens with two attached hydrogens (primary N) is 1. The lowest BCUT2D eigenvalue weighted by atomic mass is 10.2. The van der Waals surface area contributed by atoms with E-state index >= 15 is 0 Å². The molecule has 0 bridgehead atoms. The standard InChI is InChI=1S/C7H11N3O/c1-2-3-5-4-6(7(8)11)10-9-5/h4H,2-3H2,1H3,(H2,8,11)(H,9,10). The number of hydrogen-bond donors (Lipinski definition) is 2. The number of primary amides is 1. The lowest BCUT2D eigenvalue weighted by Gasteiger charge is -1.86. The van der Waals surface area contributed by atoms with E-state index in [1.54, 1.807) is 6.07 Å². The zero-order valence-electron chi connectivity index (χ0n) is 6.42. The Bertz CT molecular complexity index is 254. The van der Waals surface area contributed by atoms with Gasteiger partial charge in [-0.1, -0.05) is 13.3 Å². The van der Waals surface area contributed by atoms with Crippen LogP contribution in [0.15, 0.2) is 6.07 Å². The molecule has 0 radical (unpaired) electrons. The molecule has 11 heavy (non-hydrogen) atoms. The molecule has 1 aromatic rings. The Balaban J connectivity index is 2.73. The van der Waals surface area contributed by atoms with E-state index in [4.69, 9.17) is 5.73 Å². The number of aryl methyl sites for hydroxylation is 1. The number of nitrogens with one attached hydrogen (secondary N) is 1. The maximum Gasteiger partial charge on any atom is 0.269 e. The molecule has 0 aliphatic rings. The number of H-pyrrole nitrogens is 1. The van der Waals surface area contributed by atoms with Crippen molar-refractivity contribution in [3.63, 3.8) is 0 Å². The molecule has 0 aromatic carbocycles. The first-order valence-electron chi connectivity index (χ1n) is 3.58. The van der Waals surface area contributed by atoms with Crippen LogP contribution >= 0.6 is 0 Å². The van der Waals surface area contributed by atoms with E-state index < -0.39 is 5.91 Å². The Labute approximate surface area is 64.8 Å². The Morgan fingerprint density at radius 1 is 1.82 bits per heavy atom. The summed E-state index contributed by atoms with van der Waals surface area (Å²) in [7, 11) is 0.